The highest BCUT2D eigenvalue weighted by Gasteiger charge is 2.30. The monoisotopic (exact) mass is 1090 g/mol. The molecule has 0 radical (unpaired) electrons. The molecule has 2 saturated carbocycles. The summed E-state index contributed by atoms with van der Waals surface area (Å²) in [6, 6.07) is 21.4. The fraction of sp³-hybridized carbons (Fsp3) is 0.263. The van der Waals surface area contributed by atoms with E-state index in [0.29, 0.717) is 61.9 Å². The van der Waals surface area contributed by atoms with E-state index in [2.05, 4.69) is 54.6 Å². The third-order valence-corrected chi connectivity index (χ3v) is 13.1. The van der Waals surface area contributed by atoms with Crippen LogP contribution in [0.2, 0.25) is 0 Å². The number of nitrogens with one attached hydrogen (secondary N) is 4. The molecule has 22 heteroatoms. The van der Waals surface area contributed by atoms with Gasteiger partial charge in [-0.15, -0.1) is 0 Å². The Hall–Kier alpha value is -8.82. The van der Waals surface area contributed by atoms with Crippen molar-refractivity contribution < 1.29 is 54.6 Å². The molecule has 0 unspecified atom stereocenters. The third kappa shape index (κ3) is 13.0. The molecule has 8 aromatic rings. The van der Waals surface area contributed by atoms with Gasteiger partial charge in [-0.2, -0.15) is 36.5 Å². The van der Waals surface area contributed by atoms with Gasteiger partial charge in [-0.1, -0.05) is 25.3 Å². The number of phenols is 1. The van der Waals surface area contributed by atoms with Crippen molar-refractivity contribution in [3.63, 3.8) is 0 Å². The normalized spacial score (nSPS) is 13.4. The van der Waals surface area contributed by atoms with Gasteiger partial charge in [0, 0.05) is 69.7 Å². The summed E-state index contributed by atoms with van der Waals surface area (Å²) in [5, 5.41) is 31.1. The number of ether oxygens (including phenoxy) is 1. The van der Waals surface area contributed by atoms with Crippen molar-refractivity contribution in [1.29, 1.82) is 0 Å². The Labute approximate surface area is 447 Å². The number of phenolic OH excluding ortho intramolecular Hbond substituents is 1. The number of fused-ring (bicyclic) bond motifs is 2. The summed E-state index contributed by atoms with van der Waals surface area (Å²) >= 11 is 0. The van der Waals surface area contributed by atoms with Crippen molar-refractivity contribution in [3.8, 4) is 34.0 Å². The van der Waals surface area contributed by atoms with Crippen LogP contribution < -0.4 is 26.0 Å². The zero-order valence-corrected chi connectivity index (χ0v) is 42.8. The molecule has 10 rings (SSSR count). The molecule has 79 heavy (non-hydrogen) atoms. The van der Waals surface area contributed by atoms with Crippen LogP contribution in [0.1, 0.15) is 92.9 Å². The second kappa shape index (κ2) is 22.3. The highest BCUT2D eigenvalue weighted by atomic mass is 19.4. The van der Waals surface area contributed by atoms with Gasteiger partial charge in [0.05, 0.1) is 66.5 Å². The number of rotatable bonds is 17. The van der Waals surface area contributed by atoms with E-state index in [0.717, 1.165) is 48.9 Å². The van der Waals surface area contributed by atoms with Crippen LogP contribution in [-0.4, -0.2) is 90.8 Å². The van der Waals surface area contributed by atoms with Gasteiger partial charge < -0.3 is 31.1 Å². The number of carbonyl (C=O) groups excluding carboxylic acids is 2. The largest absolute Gasteiger partial charge is 0.507 e. The van der Waals surface area contributed by atoms with Gasteiger partial charge in [0.2, 0.25) is 0 Å². The molecule has 4 heterocycles. The molecule has 0 aliphatic heterocycles. The zero-order chi connectivity index (χ0) is 56.5. The van der Waals surface area contributed by atoms with Crippen LogP contribution in [0.3, 0.4) is 0 Å². The number of benzene rings is 4. The summed E-state index contributed by atoms with van der Waals surface area (Å²) in [5.41, 5.74) is 7.50. The van der Waals surface area contributed by atoms with E-state index in [9.17, 15) is 49.8 Å². The van der Waals surface area contributed by atoms with E-state index in [4.69, 9.17) is 4.74 Å². The van der Waals surface area contributed by atoms with Gasteiger partial charge in [0.25, 0.3) is 11.8 Å². The van der Waals surface area contributed by atoms with Crippen LogP contribution in [0.25, 0.3) is 45.0 Å². The maximum atomic E-state index is 14.1. The van der Waals surface area contributed by atoms with E-state index < -0.39 is 43.4 Å². The Morgan fingerprint density at radius 1 is 0.620 bits per heavy atom. The Morgan fingerprint density at radius 2 is 1.05 bits per heavy atom. The Morgan fingerprint density at radius 3 is 1.47 bits per heavy atom. The number of amides is 2. The number of aromatic hydroxyl groups is 1. The standard InChI is InChI=1S/C29H27F4N5O2.C28H25F4N5O2/c1-16-12-18(4-8-21(16)28(39)36-20-6-7-20)25-15-35-27-24(34-11-10-29(31,32)33)14-23(37-38(25)27)17(2)22-13-19(30)5-9-26(22)40-3;1-15-11-17(3-7-20(15)27(39)35-19-5-6-19)24-14-34-26-23(33-10-9-28(30,31)32)13-22(36-37(24)26)16(2)21-12-18(29)4-8-25(21)38/h4-5,8-9,12-15,20,34H,2,6-7,10-11H2,1,3H3,(H,36,39);3-4,7-8,11-14,19,33,38H,2,5-6,9-10H2,1H3,(H,35,39). The first-order chi connectivity index (χ1) is 37.5. The minimum atomic E-state index is -4.36. The molecule has 410 valence electrons. The summed E-state index contributed by atoms with van der Waals surface area (Å²) < 4.78 is 114. The lowest BCUT2D eigenvalue weighted by atomic mass is 10.0. The molecule has 0 atom stereocenters. The SMILES string of the molecule is C=C(c1cc(NCCC(F)(F)F)c2ncc(-c3ccc(C(=O)NC4CC4)c(C)c3)n2n1)c1cc(F)ccc1O.C=C(c1cc(NCCC(F)(F)F)c2ncc(-c3ccc(C(=O)NC4CC4)c(C)c3)n2n1)c1cc(F)ccc1OC. The van der Waals surface area contributed by atoms with E-state index in [1.54, 1.807) is 30.5 Å². The number of methoxy groups -OCH3 is 1. The Bertz CT molecular complexity index is 3680. The molecule has 2 amide bonds. The molecule has 0 saturated heterocycles. The molecule has 14 nitrogen and oxygen atoms in total. The first-order valence-electron chi connectivity index (χ1n) is 25.0. The molecule has 2 aliphatic rings. The molecule has 4 aromatic carbocycles. The maximum absolute atomic E-state index is 14.1. The topological polar surface area (TPSA) is 172 Å². The van der Waals surface area contributed by atoms with Gasteiger partial charge in [0.15, 0.2) is 11.3 Å². The molecule has 5 N–H and O–H groups in total. The maximum Gasteiger partial charge on any atom is 0.390 e. The van der Waals surface area contributed by atoms with Gasteiger partial charge in [-0.05, 0) is 123 Å². The predicted molar refractivity (Wildman–Crippen MR) is 283 cm³/mol. The Kier molecular flexibility index (Phi) is 15.5. The number of anilines is 2. The lowest BCUT2D eigenvalue weighted by molar-refractivity contribution is -0.132. The van der Waals surface area contributed by atoms with Crippen LogP contribution >= 0.6 is 0 Å². The van der Waals surface area contributed by atoms with E-state index >= 15 is 0 Å². The Balaban J connectivity index is 0.000000192. The van der Waals surface area contributed by atoms with Gasteiger partial charge in [0.1, 0.15) is 23.1 Å². The van der Waals surface area contributed by atoms with Crippen molar-refractivity contribution in [1.82, 2.24) is 39.8 Å². The highest BCUT2D eigenvalue weighted by Crippen LogP contribution is 2.36. The number of carbonyl (C=O) groups is 2. The number of alkyl halides is 6. The fourth-order valence-corrected chi connectivity index (χ4v) is 8.64. The van der Waals surface area contributed by atoms with Gasteiger partial charge in [-0.3, -0.25) is 9.59 Å². The van der Waals surface area contributed by atoms with Crippen LogP contribution in [0.5, 0.6) is 11.5 Å². The average molecular weight is 1090 g/mol. The van der Waals surface area contributed by atoms with Crippen molar-refractivity contribution in [2.45, 2.75) is 76.8 Å². The van der Waals surface area contributed by atoms with Crippen molar-refractivity contribution in [2.75, 3.05) is 30.8 Å². The summed E-state index contributed by atoms with van der Waals surface area (Å²) in [6.45, 7) is 10.9. The van der Waals surface area contributed by atoms with Gasteiger partial charge >= 0.3 is 12.4 Å². The molecule has 0 bridgehead atoms. The third-order valence-electron chi connectivity index (χ3n) is 13.1. The molecule has 0 spiro atoms. The summed E-state index contributed by atoms with van der Waals surface area (Å²) in [4.78, 5) is 34.0. The first-order valence-corrected chi connectivity index (χ1v) is 25.0. The molecule has 2 aliphatic carbocycles. The lowest BCUT2D eigenvalue weighted by Crippen LogP contribution is -2.26. The smallest absolute Gasteiger partial charge is 0.390 e. The number of hydrogen-bond donors (Lipinski definition) is 5. The second-order valence-corrected chi connectivity index (χ2v) is 19.2. The van der Waals surface area contributed by atoms with Crippen molar-refractivity contribution in [2.24, 2.45) is 0 Å². The van der Waals surface area contributed by atoms with Crippen molar-refractivity contribution >= 4 is 45.6 Å². The van der Waals surface area contributed by atoms with Crippen molar-refractivity contribution in [3.05, 3.63) is 167 Å². The van der Waals surface area contributed by atoms with Gasteiger partial charge in [-0.25, -0.2) is 27.8 Å². The number of imidazole rings is 2. The second-order valence-electron chi connectivity index (χ2n) is 19.2. The zero-order valence-electron chi connectivity index (χ0n) is 42.8. The van der Waals surface area contributed by atoms with Crippen LogP contribution in [0.4, 0.5) is 46.5 Å². The molecule has 4 aromatic heterocycles. The molecular weight excluding hydrogens is 1040 g/mol. The number of hydrogen-bond acceptors (Lipinski definition) is 10. The van der Waals surface area contributed by atoms with Crippen LogP contribution in [-0.2, 0) is 0 Å². The quantitative estimate of drug-likeness (QED) is 0.0553. The number of aryl methyl sites for hydroxylation is 2. The molecular formula is C57H52F8N10O4. The van der Waals surface area contributed by atoms with Crippen LogP contribution in [0, 0.1) is 25.5 Å². The summed E-state index contributed by atoms with van der Waals surface area (Å²) in [5.74, 6) is -1.26. The molecule has 2 fully saturated rings. The predicted octanol–water partition coefficient (Wildman–Crippen LogP) is 12.0. The summed E-state index contributed by atoms with van der Waals surface area (Å²) in [6.07, 6.45) is -3.84. The minimum absolute atomic E-state index is 0.0895. The first kappa shape index (κ1) is 55.0. The number of halogens is 8. The minimum Gasteiger partial charge on any atom is -0.507 e. The highest BCUT2D eigenvalue weighted by molar-refractivity contribution is 5.97. The van der Waals surface area contributed by atoms with E-state index in [1.807, 2.05) is 26.0 Å². The van der Waals surface area contributed by atoms with E-state index in [-0.39, 0.29) is 70.1 Å². The van der Waals surface area contributed by atoms with E-state index in [1.165, 1.54) is 58.7 Å². The number of nitrogens with zero attached hydrogens (tertiary/aromatic N) is 6. The summed E-state index contributed by atoms with van der Waals surface area (Å²) in [7, 11) is 1.44. The fourth-order valence-electron chi connectivity index (χ4n) is 8.64. The van der Waals surface area contributed by atoms with Crippen LogP contribution in [0.15, 0.2) is 110 Å². The number of aromatic nitrogens is 6. The lowest BCUT2D eigenvalue weighted by Gasteiger charge is -2.15. The average Bonchev–Trinajstić information content (AvgIpc) is 4.53.